The first-order chi connectivity index (χ1) is 7.62. The summed E-state index contributed by atoms with van der Waals surface area (Å²) in [7, 11) is 3.31. The molecule has 1 aromatic carbocycles. The van der Waals surface area contributed by atoms with Gasteiger partial charge in [0.25, 0.3) is 0 Å². The van der Waals surface area contributed by atoms with Gasteiger partial charge in [0, 0.05) is 6.04 Å². The summed E-state index contributed by atoms with van der Waals surface area (Å²) >= 11 is 0. The molecule has 16 heavy (non-hydrogen) atoms. The highest BCUT2D eigenvalue weighted by Gasteiger charge is 2.11. The molecular formula is C13H21NO2. The smallest absolute Gasteiger partial charge is 0.161 e. The summed E-state index contributed by atoms with van der Waals surface area (Å²) in [4.78, 5) is 0. The highest BCUT2D eigenvalue weighted by Crippen LogP contribution is 2.31. The Morgan fingerprint density at radius 3 is 2.00 bits per heavy atom. The van der Waals surface area contributed by atoms with E-state index in [1.807, 2.05) is 19.1 Å². The molecule has 2 N–H and O–H groups in total. The van der Waals surface area contributed by atoms with E-state index in [-0.39, 0.29) is 6.04 Å². The van der Waals surface area contributed by atoms with E-state index >= 15 is 0 Å². The number of benzene rings is 1. The Labute approximate surface area is 97.6 Å². The Hall–Kier alpha value is -1.22. The highest BCUT2D eigenvalue weighted by molar-refractivity contribution is 5.47. The van der Waals surface area contributed by atoms with Gasteiger partial charge in [0.15, 0.2) is 11.5 Å². The Bertz CT molecular complexity index is 348. The zero-order chi connectivity index (χ0) is 12.1. The maximum Gasteiger partial charge on any atom is 0.161 e. The van der Waals surface area contributed by atoms with Crippen molar-refractivity contribution in [1.82, 2.24) is 0 Å². The van der Waals surface area contributed by atoms with Gasteiger partial charge in [0.1, 0.15) is 0 Å². The van der Waals surface area contributed by atoms with Gasteiger partial charge in [-0.15, -0.1) is 0 Å². The number of hydrogen-bond acceptors (Lipinski definition) is 3. The second-order valence-corrected chi connectivity index (χ2v) is 4.01. The lowest BCUT2D eigenvalue weighted by molar-refractivity contribution is 0.354. The molecule has 0 saturated carbocycles. The third kappa shape index (κ3) is 2.89. The van der Waals surface area contributed by atoms with E-state index in [1.54, 1.807) is 14.2 Å². The first-order valence-electron chi connectivity index (χ1n) is 5.61. The molecule has 0 heterocycles. The summed E-state index contributed by atoms with van der Waals surface area (Å²) in [6, 6.07) is 4.22. The molecule has 0 spiro atoms. The van der Waals surface area contributed by atoms with Gasteiger partial charge in [0.05, 0.1) is 14.2 Å². The van der Waals surface area contributed by atoms with E-state index in [2.05, 4.69) is 6.92 Å². The minimum absolute atomic E-state index is 0.156. The van der Waals surface area contributed by atoms with Crippen LogP contribution < -0.4 is 15.2 Å². The highest BCUT2D eigenvalue weighted by atomic mass is 16.5. The van der Waals surface area contributed by atoms with Crippen molar-refractivity contribution in [3.8, 4) is 11.5 Å². The summed E-state index contributed by atoms with van der Waals surface area (Å²) in [6.45, 7) is 4.14. The normalized spacial score (nSPS) is 12.3. The summed E-state index contributed by atoms with van der Waals surface area (Å²) in [6.07, 6.45) is 1.84. The molecule has 0 aliphatic rings. The van der Waals surface area contributed by atoms with Crippen molar-refractivity contribution in [1.29, 1.82) is 0 Å². The third-order valence-corrected chi connectivity index (χ3v) is 2.63. The minimum atomic E-state index is 0.156. The van der Waals surface area contributed by atoms with Crippen LogP contribution in [0.2, 0.25) is 0 Å². The fraction of sp³-hybridized carbons (Fsp3) is 0.538. The molecular weight excluding hydrogens is 202 g/mol. The molecule has 0 aliphatic heterocycles. The van der Waals surface area contributed by atoms with E-state index in [4.69, 9.17) is 15.2 Å². The number of ether oxygens (including phenoxy) is 2. The Morgan fingerprint density at radius 2 is 1.62 bits per heavy atom. The lowest BCUT2D eigenvalue weighted by atomic mass is 9.98. The molecule has 0 aromatic heterocycles. The van der Waals surface area contributed by atoms with Gasteiger partial charge in [-0.3, -0.25) is 0 Å². The van der Waals surface area contributed by atoms with Crippen molar-refractivity contribution in [2.45, 2.75) is 32.7 Å². The van der Waals surface area contributed by atoms with E-state index in [1.165, 1.54) is 11.1 Å². The van der Waals surface area contributed by atoms with Gasteiger partial charge in [-0.1, -0.05) is 6.92 Å². The zero-order valence-corrected chi connectivity index (χ0v) is 10.5. The van der Waals surface area contributed by atoms with Crippen molar-refractivity contribution in [2.75, 3.05) is 14.2 Å². The number of methoxy groups -OCH3 is 2. The van der Waals surface area contributed by atoms with Crippen molar-refractivity contribution in [3.05, 3.63) is 23.3 Å². The van der Waals surface area contributed by atoms with Crippen LogP contribution in [0.25, 0.3) is 0 Å². The summed E-state index contributed by atoms with van der Waals surface area (Å²) in [5, 5.41) is 0. The summed E-state index contributed by atoms with van der Waals surface area (Å²) in [5.74, 6) is 1.56. The fourth-order valence-electron chi connectivity index (χ4n) is 1.83. The molecule has 1 atom stereocenters. The topological polar surface area (TPSA) is 44.5 Å². The van der Waals surface area contributed by atoms with Gasteiger partial charge in [0.2, 0.25) is 0 Å². The molecule has 3 nitrogen and oxygen atoms in total. The minimum Gasteiger partial charge on any atom is -0.493 e. The van der Waals surface area contributed by atoms with E-state index in [0.717, 1.165) is 24.3 Å². The molecule has 0 amide bonds. The molecule has 3 heteroatoms. The second-order valence-electron chi connectivity index (χ2n) is 4.01. The quantitative estimate of drug-likeness (QED) is 0.832. The Morgan fingerprint density at radius 1 is 1.12 bits per heavy atom. The molecule has 90 valence electrons. The second kappa shape index (κ2) is 5.75. The van der Waals surface area contributed by atoms with Crippen LogP contribution >= 0.6 is 0 Å². The molecule has 0 bridgehead atoms. The van der Waals surface area contributed by atoms with E-state index < -0.39 is 0 Å². The van der Waals surface area contributed by atoms with Crippen molar-refractivity contribution < 1.29 is 9.47 Å². The van der Waals surface area contributed by atoms with Crippen LogP contribution in [0.1, 0.15) is 25.0 Å². The van der Waals surface area contributed by atoms with Gasteiger partial charge in [-0.05, 0) is 43.0 Å². The molecule has 0 radical (unpaired) electrons. The van der Waals surface area contributed by atoms with Crippen molar-refractivity contribution in [2.24, 2.45) is 5.73 Å². The molecule has 0 saturated heterocycles. The van der Waals surface area contributed by atoms with Crippen LogP contribution in [0.4, 0.5) is 0 Å². The first-order valence-corrected chi connectivity index (χ1v) is 5.61. The molecule has 0 aliphatic carbocycles. The van der Waals surface area contributed by atoms with Crippen LogP contribution in [-0.2, 0) is 12.8 Å². The van der Waals surface area contributed by atoms with Crippen LogP contribution in [0.15, 0.2) is 12.1 Å². The van der Waals surface area contributed by atoms with Crippen LogP contribution in [-0.4, -0.2) is 20.3 Å². The number of nitrogens with two attached hydrogens (primary N) is 1. The maximum absolute atomic E-state index is 5.84. The summed E-state index contributed by atoms with van der Waals surface area (Å²) < 4.78 is 10.6. The van der Waals surface area contributed by atoms with E-state index in [0.29, 0.717) is 0 Å². The van der Waals surface area contributed by atoms with Crippen LogP contribution in [0.5, 0.6) is 11.5 Å². The van der Waals surface area contributed by atoms with Gasteiger partial charge in [-0.2, -0.15) is 0 Å². The first kappa shape index (κ1) is 12.8. The lowest BCUT2D eigenvalue weighted by Gasteiger charge is -2.15. The molecule has 1 unspecified atom stereocenters. The average Bonchev–Trinajstić information content (AvgIpc) is 2.27. The largest absolute Gasteiger partial charge is 0.493 e. The maximum atomic E-state index is 5.84. The predicted molar refractivity (Wildman–Crippen MR) is 66.3 cm³/mol. The molecule has 1 aromatic rings. The monoisotopic (exact) mass is 223 g/mol. The Balaban J connectivity index is 3.15. The zero-order valence-electron chi connectivity index (χ0n) is 10.5. The van der Waals surface area contributed by atoms with Gasteiger partial charge >= 0.3 is 0 Å². The summed E-state index contributed by atoms with van der Waals surface area (Å²) in [5.41, 5.74) is 8.36. The predicted octanol–water partition coefficient (Wildman–Crippen LogP) is 2.16. The van der Waals surface area contributed by atoms with Crippen LogP contribution in [0, 0.1) is 0 Å². The van der Waals surface area contributed by atoms with Crippen molar-refractivity contribution >= 4 is 0 Å². The molecule has 0 fully saturated rings. The van der Waals surface area contributed by atoms with Gasteiger partial charge < -0.3 is 15.2 Å². The number of rotatable bonds is 5. The van der Waals surface area contributed by atoms with Crippen LogP contribution in [0.3, 0.4) is 0 Å². The lowest BCUT2D eigenvalue weighted by Crippen LogP contribution is -2.18. The average molecular weight is 223 g/mol. The van der Waals surface area contributed by atoms with Gasteiger partial charge in [-0.25, -0.2) is 0 Å². The fourth-order valence-corrected chi connectivity index (χ4v) is 1.83. The number of hydrogen-bond donors (Lipinski definition) is 1. The van der Waals surface area contributed by atoms with Crippen molar-refractivity contribution in [3.63, 3.8) is 0 Å². The Kier molecular flexibility index (Phi) is 4.62. The third-order valence-electron chi connectivity index (χ3n) is 2.63. The SMILES string of the molecule is CCc1cc(OC)c(OC)cc1CC(C)N. The number of aryl methyl sites for hydroxylation is 1. The van der Waals surface area contributed by atoms with E-state index in [9.17, 15) is 0 Å². The standard InChI is InChI=1S/C13H21NO2/c1-5-10-7-12(15-3)13(16-4)8-11(10)6-9(2)14/h7-9H,5-6,14H2,1-4H3. The molecule has 1 rings (SSSR count).